The van der Waals surface area contributed by atoms with Gasteiger partial charge in [0.05, 0.1) is 37.0 Å². The van der Waals surface area contributed by atoms with Crippen LogP contribution in [-0.2, 0) is 25.8 Å². The summed E-state index contributed by atoms with van der Waals surface area (Å²) in [6.45, 7) is 1.78. The monoisotopic (exact) mass is 670 g/mol. The first-order valence-electron chi connectivity index (χ1n) is 15.3. The van der Waals surface area contributed by atoms with Crippen molar-refractivity contribution < 1.29 is 37.0 Å². The summed E-state index contributed by atoms with van der Waals surface area (Å²) in [5, 5.41) is 3.74. The van der Waals surface area contributed by atoms with Crippen LogP contribution in [0.5, 0.6) is 17.2 Å². The van der Waals surface area contributed by atoms with Gasteiger partial charge in [0, 0.05) is 17.1 Å². The molecular formula is C37H38N2O8S. The van der Waals surface area contributed by atoms with Gasteiger partial charge in [-0.2, -0.15) is 0 Å². The molecule has 1 amide bonds. The average Bonchev–Trinajstić information content (AvgIpc) is 3.12. The van der Waals surface area contributed by atoms with Crippen molar-refractivity contribution in [1.82, 2.24) is 10.3 Å². The van der Waals surface area contributed by atoms with E-state index in [9.17, 15) is 18.0 Å². The van der Waals surface area contributed by atoms with E-state index in [2.05, 4.69) is 22.4 Å². The molecule has 0 aliphatic carbocycles. The van der Waals surface area contributed by atoms with Gasteiger partial charge in [0.1, 0.15) is 17.2 Å². The Hall–Kier alpha value is -5.42. The van der Waals surface area contributed by atoms with Crippen molar-refractivity contribution in [3.05, 3.63) is 127 Å². The molecule has 1 unspecified atom stereocenters. The Morgan fingerprint density at radius 2 is 1.38 bits per heavy atom. The highest BCUT2D eigenvalue weighted by molar-refractivity contribution is 7.91. The molecular weight excluding hydrogens is 632 g/mol. The Labute approximate surface area is 280 Å². The molecule has 250 valence electrons. The zero-order chi connectivity index (χ0) is 34.4. The van der Waals surface area contributed by atoms with Crippen LogP contribution in [0.2, 0.25) is 0 Å². The number of benzene rings is 4. The SMILES string of the molecule is CCOC(=O)C(NC(=O)c1ccc(OC)cc1)Oc1ccc(CCCS(=O)(=O)c2ccc(OC)cc2)cc1.c1ccc2ncccc2c1. The van der Waals surface area contributed by atoms with Crippen LogP contribution in [0.4, 0.5) is 0 Å². The van der Waals surface area contributed by atoms with Crippen molar-refractivity contribution in [3.63, 3.8) is 0 Å². The van der Waals surface area contributed by atoms with E-state index in [1.54, 1.807) is 67.6 Å². The lowest BCUT2D eigenvalue weighted by Gasteiger charge is -2.19. The second-order valence-corrected chi connectivity index (χ2v) is 12.5. The summed E-state index contributed by atoms with van der Waals surface area (Å²) in [5.74, 6) is 0.282. The van der Waals surface area contributed by atoms with E-state index in [0.29, 0.717) is 35.7 Å². The molecule has 11 heteroatoms. The first-order chi connectivity index (χ1) is 23.2. The summed E-state index contributed by atoms with van der Waals surface area (Å²) < 4.78 is 46.1. The minimum absolute atomic E-state index is 0.0000946. The molecule has 0 fully saturated rings. The number of esters is 1. The van der Waals surface area contributed by atoms with E-state index >= 15 is 0 Å². The van der Waals surface area contributed by atoms with Gasteiger partial charge in [-0.3, -0.25) is 9.78 Å². The van der Waals surface area contributed by atoms with Crippen LogP contribution in [-0.4, -0.2) is 58.1 Å². The van der Waals surface area contributed by atoms with Gasteiger partial charge in [0.15, 0.2) is 9.84 Å². The molecule has 0 bridgehead atoms. The highest BCUT2D eigenvalue weighted by atomic mass is 32.2. The predicted octanol–water partition coefficient (Wildman–Crippen LogP) is 6.04. The van der Waals surface area contributed by atoms with E-state index in [-0.39, 0.29) is 17.3 Å². The van der Waals surface area contributed by atoms with Crippen LogP contribution in [0.3, 0.4) is 0 Å². The molecule has 0 saturated carbocycles. The van der Waals surface area contributed by atoms with Crippen molar-refractivity contribution >= 4 is 32.6 Å². The number of rotatable bonds is 13. The average molecular weight is 671 g/mol. The largest absolute Gasteiger partial charge is 0.497 e. The number of aryl methyl sites for hydroxylation is 1. The lowest BCUT2D eigenvalue weighted by molar-refractivity contribution is -0.152. The van der Waals surface area contributed by atoms with Crippen molar-refractivity contribution in [3.8, 4) is 17.2 Å². The number of fused-ring (bicyclic) bond motifs is 1. The van der Waals surface area contributed by atoms with Gasteiger partial charge in [-0.25, -0.2) is 13.2 Å². The number of methoxy groups -OCH3 is 2. The fourth-order valence-electron chi connectivity index (χ4n) is 4.55. The Morgan fingerprint density at radius 3 is 2.00 bits per heavy atom. The topological polar surface area (TPSA) is 130 Å². The van der Waals surface area contributed by atoms with Crippen LogP contribution in [0.25, 0.3) is 10.9 Å². The number of hydrogen-bond donors (Lipinski definition) is 1. The van der Waals surface area contributed by atoms with Gasteiger partial charge in [-0.05, 0) is 98.1 Å². The summed E-state index contributed by atoms with van der Waals surface area (Å²) in [5.41, 5.74) is 2.28. The summed E-state index contributed by atoms with van der Waals surface area (Å²) in [6.07, 6.45) is 1.41. The molecule has 10 nitrogen and oxygen atoms in total. The molecule has 4 aromatic carbocycles. The van der Waals surface area contributed by atoms with Gasteiger partial charge < -0.3 is 24.3 Å². The highest BCUT2D eigenvalue weighted by Crippen LogP contribution is 2.20. The lowest BCUT2D eigenvalue weighted by atomic mass is 10.1. The number of nitrogens with zero attached hydrogens (tertiary/aromatic N) is 1. The molecule has 5 rings (SSSR count). The lowest BCUT2D eigenvalue weighted by Crippen LogP contribution is -2.46. The molecule has 0 aliphatic heterocycles. The summed E-state index contributed by atoms with van der Waals surface area (Å²) in [7, 11) is -0.365. The number of hydrogen-bond acceptors (Lipinski definition) is 9. The molecule has 1 N–H and O–H groups in total. The predicted molar refractivity (Wildman–Crippen MR) is 183 cm³/mol. The minimum atomic E-state index is -3.41. The molecule has 1 heterocycles. The molecule has 5 aromatic rings. The maximum atomic E-state index is 12.6. The first-order valence-corrected chi connectivity index (χ1v) is 16.9. The van der Waals surface area contributed by atoms with Gasteiger partial charge in [-0.1, -0.05) is 36.4 Å². The fraction of sp³-hybridized carbons (Fsp3) is 0.216. The molecule has 0 saturated heterocycles. The van der Waals surface area contributed by atoms with Crippen LogP contribution in [0.15, 0.2) is 120 Å². The van der Waals surface area contributed by atoms with E-state index in [4.69, 9.17) is 18.9 Å². The molecule has 48 heavy (non-hydrogen) atoms. The summed E-state index contributed by atoms with van der Waals surface area (Å²) >= 11 is 0. The number of para-hydroxylation sites is 1. The second-order valence-electron chi connectivity index (χ2n) is 10.4. The smallest absolute Gasteiger partial charge is 0.369 e. The first kappa shape index (κ1) is 35.4. The zero-order valence-corrected chi connectivity index (χ0v) is 27.8. The maximum Gasteiger partial charge on any atom is 0.369 e. The molecule has 0 spiro atoms. The minimum Gasteiger partial charge on any atom is -0.497 e. The highest BCUT2D eigenvalue weighted by Gasteiger charge is 2.25. The number of nitrogens with one attached hydrogen (secondary N) is 1. The van der Waals surface area contributed by atoms with E-state index in [1.165, 1.54) is 31.7 Å². The maximum absolute atomic E-state index is 12.6. The molecule has 1 atom stereocenters. The summed E-state index contributed by atoms with van der Waals surface area (Å²) in [6, 6.07) is 31.7. The number of amides is 1. The number of carbonyl (C=O) groups is 2. The Morgan fingerprint density at radius 1 is 0.771 bits per heavy atom. The standard InChI is InChI=1S/C28H31NO8S.C9H7N/c1-4-36-28(31)27(29-26(30)21-9-13-22(34-2)14-10-21)37-24-11-7-20(8-12-24)6-5-19-38(32,33)25-17-15-23(35-3)16-18-25;1-2-6-9-8(4-1)5-3-7-10-9/h7-18,27H,4-6,19H2,1-3H3,(H,29,30);1-7H. The molecule has 1 aromatic heterocycles. The number of aromatic nitrogens is 1. The summed E-state index contributed by atoms with van der Waals surface area (Å²) in [4.78, 5) is 29.5. The number of sulfone groups is 1. The van der Waals surface area contributed by atoms with Gasteiger partial charge >= 0.3 is 5.97 Å². The van der Waals surface area contributed by atoms with Crippen molar-refractivity contribution in [2.45, 2.75) is 30.9 Å². The Kier molecular flexibility index (Phi) is 12.9. The quantitative estimate of drug-likeness (QED) is 0.118. The third kappa shape index (κ3) is 10.3. The molecule has 0 aliphatic rings. The van der Waals surface area contributed by atoms with Gasteiger partial charge in [0.2, 0.25) is 0 Å². The van der Waals surface area contributed by atoms with Crippen molar-refractivity contribution in [2.24, 2.45) is 0 Å². The van der Waals surface area contributed by atoms with E-state index in [0.717, 1.165) is 11.1 Å². The number of carbonyl (C=O) groups excluding carboxylic acids is 2. The number of ether oxygens (including phenoxy) is 4. The van der Waals surface area contributed by atoms with E-state index in [1.807, 2.05) is 30.5 Å². The normalized spacial score (nSPS) is 11.4. The Balaban J connectivity index is 0.000000438. The van der Waals surface area contributed by atoms with Gasteiger partial charge in [-0.15, -0.1) is 0 Å². The van der Waals surface area contributed by atoms with Gasteiger partial charge in [0.25, 0.3) is 12.1 Å². The van der Waals surface area contributed by atoms with Crippen LogP contribution in [0, 0.1) is 0 Å². The van der Waals surface area contributed by atoms with E-state index < -0.39 is 27.9 Å². The molecule has 0 radical (unpaired) electrons. The fourth-order valence-corrected chi connectivity index (χ4v) is 5.86. The van der Waals surface area contributed by atoms with Crippen molar-refractivity contribution in [1.29, 1.82) is 0 Å². The van der Waals surface area contributed by atoms with Crippen molar-refractivity contribution in [2.75, 3.05) is 26.6 Å². The Bertz CT molecular complexity index is 1810. The van der Waals surface area contributed by atoms with Crippen LogP contribution in [0.1, 0.15) is 29.3 Å². The zero-order valence-electron chi connectivity index (χ0n) is 27.0. The second kappa shape index (κ2) is 17.5. The number of pyridine rings is 1. The third-order valence-electron chi connectivity index (χ3n) is 7.10. The van der Waals surface area contributed by atoms with Crippen LogP contribution < -0.4 is 19.5 Å². The third-order valence-corrected chi connectivity index (χ3v) is 8.92. The van der Waals surface area contributed by atoms with Crippen LogP contribution >= 0.6 is 0 Å².